The molecule has 0 aromatic heterocycles. The second kappa shape index (κ2) is 12.1. The maximum absolute atomic E-state index is 13.8. The zero-order valence-electron chi connectivity index (χ0n) is 19.8. The Kier molecular flexibility index (Phi) is 9.18. The number of carboxylic acids is 1. The van der Waals surface area contributed by atoms with Gasteiger partial charge in [0, 0.05) is 24.3 Å². The Hall–Kier alpha value is -3.56. The molecule has 1 amide bonds. The Morgan fingerprint density at radius 1 is 1.00 bits per heavy atom. The minimum absolute atomic E-state index is 0. The molecular formula is C27H26ClF3N2O4. The van der Waals surface area contributed by atoms with E-state index in [0.717, 1.165) is 17.3 Å². The third-order valence-corrected chi connectivity index (χ3v) is 5.96. The third kappa shape index (κ3) is 7.02. The fraction of sp³-hybridized carbons (Fsp3) is 0.259. The summed E-state index contributed by atoms with van der Waals surface area (Å²) in [7, 11) is 0. The van der Waals surface area contributed by atoms with Gasteiger partial charge >= 0.3 is 12.1 Å². The second-order valence-electron chi connectivity index (χ2n) is 8.43. The largest absolute Gasteiger partial charge is 0.489 e. The minimum Gasteiger partial charge on any atom is -0.489 e. The van der Waals surface area contributed by atoms with Crippen molar-refractivity contribution < 1.29 is 32.6 Å². The number of anilines is 1. The van der Waals surface area contributed by atoms with Crippen LogP contribution in [0.1, 0.15) is 23.1 Å². The number of benzene rings is 3. The summed E-state index contributed by atoms with van der Waals surface area (Å²) < 4.78 is 47.1. The summed E-state index contributed by atoms with van der Waals surface area (Å²) in [5, 5.41) is 11.5. The van der Waals surface area contributed by atoms with Crippen LogP contribution in [0.25, 0.3) is 11.1 Å². The summed E-state index contributed by atoms with van der Waals surface area (Å²) in [6.07, 6.45) is -4.01. The van der Waals surface area contributed by atoms with E-state index in [-0.39, 0.29) is 50.0 Å². The van der Waals surface area contributed by atoms with Crippen LogP contribution in [0.4, 0.5) is 18.9 Å². The van der Waals surface area contributed by atoms with Gasteiger partial charge in [0.05, 0.1) is 18.5 Å². The molecule has 1 aliphatic rings. The molecule has 3 aromatic carbocycles. The van der Waals surface area contributed by atoms with Gasteiger partial charge in [-0.1, -0.05) is 42.5 Å². The molecule has 0 aliphatic carbocycles. The lowest BCUT2D eigenvalue weighted by molar-refractivity contribution is -0.139. The first-order chi connectivity index (χ1) is 17.2. The third-order valence-electron chi connectivity index (χ3n) is 5.96. The highest BCUT2D eigenvalue weighted by atomic mass is 35.5. The number of hydrogen-bond acceptors (Lipinski definition) is 4. The molecule has 0 bridgehead atoms. The number of nitrogens with one attached hydrogen (secondary N) is 1. The average Bonchev–Trinajstić information content (AvgIpc) is 3.28. The van der Waals surface area contributed by atoms with Gasteiger partial charge in [0.15, 0.2) is 0 Å². The van der Waals surface area contributed by atoms with Crippen molar-refractivity contribution in [1.29, 1.82) is 0 Å². The number of fused-ring (bicyclic) bond motifs is 1. The second-order valence-corrected chi connectivity index (χ2v) is 8.43. The molecule has 1 heterocycles. The molecule has 10 heteroatoms. The number of amides is 1. The van der Waals surface area contributed by atoms with Crippen LogP contribution in [0, 0.1) is 0 Å². The zero-order chi connectivity index (χ0) is 25.7. The van der Waals surface area contributed by atoms with Crippen molar-refractivity contribution in [3.8, 4) is 16.9 Å². The molecular weight excluding hydrogens is 509 g/mol. The number of carboxylic acid groups (broad SMARTS) is 1. The molecule has 37 heavy (non-hydrogen) atoms. The first kappa shape index (κ1) is 28.0. The van der Waals surface area contributed by atoms with E-state index in [2.05, 4.69) is 5.32 Å². The van der Waals surface area contributed by atoms with Crippen LogP contribution in [-0.4, -0.2) is 36.6 Å². The fourth-order valence-corrected chi connectivity index (χ4v) is 4.15. The molecule has 0 saturated heterocycles. The molecule has 0 fully saturated rings. The number of ether oxygens (including phenoxy) is 1. The van der Waals surface area contributed by atoms with Crippen LogP contribution in [0.5, 0.6) is 5.75 Å². The van der Waals surface area contributed by atoms with Gasteiger partial charge in [0.25, 0.3) is 0 Å². The summed E-state index contributed by atoms with van der Waals surface area (Å²) in [6, 6.07) is 18.2. The number of carbonyl (C=O) groups excluding carboxylic acids is 1. The minimum atomic E-state index is -4.53. The van der Waals surface area contributed by atoms with E-state index in [0.29, 0.717) is 29.8 Å². The highest BCUT2D eigenvalue weighted by Gasteiger charge is 2.34. The number of hydrogen-bond donors (Lipinski definition) is 2. The Labute approximate surface area is 218 Å². The molecule has 0 spiro atoms. The number of alkyl halides is 3. The van der Waals surface area contributed by atoms with Crippen molar-refractivity contribution in [2.45, 2.75) is 25.6 Å². The molecule has 196 valence electrons. The predicted octanol–water partition coefficient (Wildman–Crippen LogP) is 5.33. The molecule has 0 atom stereocenters. The van der Waals surface area contributed by atoms with Crippen molar-refractivity contribution >= 4 is 30.0 Å². The standard InChI is InChI=1S/C27H25F3N2O4.ClH/c28-27(29,30)23-15-19(18-4-2-1-3-5-18)6-7-21(23)17-36-22-8-9-24-20(14-22)11-13-32(24)25(33)16-31-12-10-26(34)35;/h1-9,14-15,31H,10-13,16-17H2,(H,34,35);1H. The van der Waals surface area contributed by atoms with Gasteiger partial charge in [-0.25, -0.2) is 0 Å². The molecule has 6 nitrogen and oxygen atoms in total. The zero-order valence-corrected chi connectivity index (χ0v) is 20.6. The fourth-order valence-electron chi connectivity index (χ4n) is 4.15. The van der Waals surface area contributed by atoms with Crippen LogP contribution in [0.3, 0.4) is 0 Å². The van der Waals surface area contributed by atoms with Crippen molar-refractivity contribution in [2.24, 2.45) is 0 Å². The van der Waals surface area contributed by atoms with Crippen molar-refractivity contribution in [1.82, 2.24) is 5.32 Å². The quantitative estimate of drug-likeness (QED) is 0.363. The van der Waals surface area contributed by atoms with Gasteiger partial charge in [0.1, 0.15) is 12.4 Å². The maximum Gasteiger partial charge on any atom is 0.416 e. The predicted molar refractivity (Wildman–Crippen MR) is 136 cm³/mol. The number of carbonyl (C=O) groups is 2. The van der Waals surface area contributed by atoms with E-state index < -0.39 is 17.7 Å². The lowest BCUT2D eigenvalue weighted by Gasteiger charge is -2.18. The summed E-state index contributed by atoms with van der Waals surface area (Å²) in [6.45, 7) is 0.432. The summed E-state index contributed by atoms with van der Waals surface area (Å²) in [5.74, 6) is -0.701. The Morgan fingerprint density at radius 3 is 2.46 bits per heavy atom. The van der Waals surface area contributed by atoms with Crippen molar-refractivity contribution in [2.75, 3.05) is 24.5 Å². The maximum atomic E-state index is 13.8. The average molecular weight is 535 g/mol. The van der Waals surface area contributed by atoms with Gasteiger partial charge in [-0.3, -0.25) is 9.59 Å². The topological polar surface area (TPSA) is 78.9 Å². The number of halogens is 4. The van der Waals surface area contributed by atoms with E-state index in [1.54, 1.807) is 53.4 Å². The van der Waals surface area contributed by atoms with E-state index in [1.165, 1.54) is 6.07 Å². The van der Waals surface area contributed by atoms with Gasteiger partial charge in [-0.15, -0.1) is 12.4 Å². The smallest absolute Gasteiger partial charge is 0.416 e. The Balaban J connectivity index is 0.00000380. The van der Waals surface area contributed by atoms with E-state index in [1.807, 2.05) is 6.07 Å². The van der Waals surface area contributed by atoms with Crippen LogP contribution in [0.2, 0.25) is 0 Å². The lowest BCUT2D eigenvalue weighted by Crippen LogP contribution is -2.37. The van der Waals surface area contributed by atoms with E-state index in [4.69, 9.17) is 9.84 Å². The van der Waals surface area contributed by atoms with Gasteiger partial charge < -0.3 is 20.1 Å². The SMILES string of the molecule is Cl.O=C(O)CCNCC(=O)N1CCc2cc(OCc3ccc(-c4ccccc4)cc3C(F)(F)F)ccc21. The molecule has 1 aliphatic heterocycles. The molecule has 0 unspecified atom stereocenters. The summed E-state index contributed by atoms with van der Waals surface area (Å²) in [4.78, 5) is 24.7. The first-order valence-electron chi connectivity index (χ1n) is 11.5. The lowest BCUT2D eigenvalue weighted by atomic mass is 9.99. The van der Waals surface area contributed by atoms with Crippen molar-refractivity contribution in [3.05, 3.63) is 83.4 Å². The normalized spacial score (nSPS) is 12.6. The van der Waals surface area contributed by atoms with E-state index in [9.17, 15) is 22.8 Å². The van der Waals surface area contributed by atoms with Crippen LogP contribution in [0.15, 0.2) is 66.7 Å². The summed E-state index contributed by atoms with van der Waals surface area (Å²) >= 11 is 0. The van der Waals surface area contributed by atoms with E-state index >= 15 is 0 Å². The molecule has 3 aromatic rings. The molecule has 0 saturated carbocycles. The number of rotatable bonds is 9. The highest BCUT2D eigenvalue weighted by Crippen LogP contribution is 2.36. The van der Waals surface area contributed by atoms with Gasteiger partial charge in [0.2, 0.25) is 5.91 Å². The van der Waals surface area contributed by atoms with Crippen LogP contribution >= 0.6 is 12.4 Å². The molecule has 0 radical (unpaired) electrons. The molecule has 2 N–H and O–H groups in total. The summed E-state index contributed by atoms with van der Waals surface area (Å²) in [5.41, 5.74) is 2.05. The van der Waals surface area contributed by atoms with Crippen LogP contribution < -0.4 is 15.0 Å². The highest BCUT2D eigenvalue weighted by molar-refractivity contribution is 5.96. The Bertz CT molecular complexity index is 1250. The van der Waals surface area contributed by atoms with Gasteiger partial charge in [-0.2, -0.15) is 13.2 Å². The monoisotopic (exact) mass is 534 g/mol. The first-order valence-corrected chi connectivity index (χ1v) is 11.5. The number of aliphatic carboxylic acids is 1. The number of nitrogens with zero attached hydrogens (tertiary/aromatic N) is 1. The van der Waals surface area contributed by atoms with Crippen LogP contribution in [-0.2, 0) is 28.8 Å². The van der Waals surface area contributed by atoms with Gasteiger partial charge in [-0.05, 0) is 47.4 Å². The van der Waals surface area contributed by atoms with Crippen molar-refractivity contribution in [3.63, 3.8) is 0 Å². The Morgan fingerprint density at radius 2 is 1.76 bits per heavy atom. The molecule has 4 rings (SSSR count).